The molecule has 2 aromatic heterocycles. The van der Waals surface area contributed by atoms with E-state index in [1.165, 1.54) is 43.4 Å². The predicted molar refractivity (Wildman–Crippen MR) is 192 cm³/mol. The zero-order valence-electron chi connectivity index (χ0n) is 25.3. The van der Waals surface area contributed by atoms with E-state index in [0.717, 1.165) is 44.1 Å². The molecule has 4 nitrogen and oxygen atoms in total. The number of fused-ring (bicyclic) bond motifs is 4. The monoisotopic (exact) mass is 608 g/mol. The summed E-state index contributed by atoms with van der Waals surface area (Å²) in [6, 6.07) is 30.7. The molecule has 8 rings (SSSR count). The molecule has 0 spiro atoms. The van der Waals surface area contributed by atoms with Crippen molar-refractivity contribution in [3.05, 3.63) is 109 Å². The summed E-state index contributed by atoms with van der Waals surface area (Å²) in [5.41, 5.74) is 6.42. The fourth-order valence-electron chi connectivity index (χ4n) is 6.33. The van der Waals surface area contributed by atoms with Crippen LogP contribution < -0.4 is 0 Å². The van der Waals surface area contributed by atoms with Gasteiger partial charge in [-0.2, -0.15) is 0 Å². The highest BCUT2D eigenvalue weighted by atomic mass is 32.2. The first-order valence-electron chi connectivity index (χ1n) is 15.0. The molecule has 0 radical (unpaired) electrons. The summed E-state index contributed by atoms with van der Waals surface area (Å²) >= 11 is 3.58. The smallest absolute Gasteiger partial charge is 0.117 e. The average molecular weight is 609 g/mol. The number of aliphatic imine (C=N–C) groups is 2. The van der Waals surface area contributed by atoms with Crippen molar-refractivity contribution in [1.82, 2.24) is 9.97 Å². The molecule has 0 saturated heterocycles. The molecule has 44 heavy (non-hydrogen) atoms. The second kappa shape index (κ2) is 10.3. The number of thioether (sulfide) groups is 2. The van der Waals surface area contributed by atoms with Gasteiger partial charge in [0.25, 0.3) is 0 Å². The fourth-order valence-corrected chi connectivity index (χ4v) is 8.60. The maximum Gasteiger partial charge on any atom is 0.117 e. The predicted octanol–water partition coefficient (Wildman–Crippen LogP) is 9.81. The maximum absolute atomic E-state index is 4.96. The standard InChI is InChI=1S/C38H32N4S2/c1-37(2)21-43-35(41-37)30-17-14-24(19-39-30)32-27-11-7-8-12-28(27)33(34-26-10-6-5-9-23(26)13-16-29(32)34)25-15-18-31(40-20-25)36-42-38(3,4)22-44-36/h5-20H,21-22H2,1-4H3. The van der Waals surface area contributed by atoms with Crippen LogP contribution in [0.25, 0.3) is 54.6 Å². The van der Waals surface area contributed by atoms with Crippen LogP contribution in [-0.2, 0) is 0 Å². The van der Waals surface area contributed by atoms with Gasteiger partial charge in [0.2, 0.25) is 0 Å². The van der Waals surface area contributed by atoms with Gasteiger partial charge in [-0.1, -0.05) is 72.8 Å². The van der Waals surface area contributed by atoms with Crippen LogP contribution in [0.15, 0.2) is 107 Å². The zero-order chi connectivity index (χ0) is 30.1. The van der Waals surface area contributed by atoms with Crippen molar-refractivity contribution in [3.8, 4) is 22.3 Å². The van der Waals surface area contributed by atoms with E-state index in [2.05, 4.69) is 113 Å². The van der Waals surface area contributed by atoms with Crippen molar-refractivity contribution in [1.29, 1.82) is 0 Å². The Morgan fingerprint density at radius 2 is 1.05 bits per heavy atom. The molecule has 0 aliphatic carbocycles. The lowest BCUT2D eigenvalue weighted by atomic mass is 9.84. The van der Waals surface area contributed by atoms with Crippen LogP contribution >= 0.6 is 23.5 Å². The number of benzene rings is 4. The second-order valence-corrected chi connectivity index (χ2v) is 14.8. The summed E-state index contributed by atoms with van der Waals surface area (Å²) in [5, 5.41) is 9.36. The van der Waals surface area contributed by atoms with Crippen molar-refractivity contribution < 1.29 is 0 Å². The minimum atomic E-state index is -0.0471. The third-order valence-corrected chi connectivity index (χ3v) is 11.2. The van der Waals surface area contributed by atoms with Crippen LogP contribution in [0.2, 0.25) is 0 Å². The Balaban J connectivity index is 1.36. The third kappa shape index (κ3) is 4.72. The molecule has 6 heteroatoms. The summed E-state index contributed by atoms with van der Waals surface area (Å²) in [6.45, 7) is 8.71. The molecule has 2 aliphatic rings. The minimum Gasteiger partial charge on any atom is -0.269 e. The second-order valence-electron chi connectivity index (χ2n) is 12.9. The van der Waals surface area contributed by atoms with Crippen molar-refractivity contribution in [2.24, 2.45) is 9.98 Å². The number of nitrogens with zero attached hydrogens (tertiary/aromatic N) is 4. The van der Waals surface area contributed by atoms with Crippen LogP contribution in [0.5, 0.6) is 0 Å². The van der Waals surface area contributed by atoms with Gasteiger partial charge in [0.15, 0.2) is 0 Å². The Morgan fingerprint density at radius 3 is 1.57 bits per heavy atom. The number of aromatic nitrogens is 2. The molecule has 2 aliphatic heterocycles. The first kappa shape index (κ1) is 27.5. The SMILES string of the molecule is CC1(C)CSC(c2ccc(-c3c4ccccc4c(-c4ccc(C5=NC(C)(C)CS5)nc4)c4c3ccc3ccccc34)cn2)=N1. The number of hydrogen-bond acceptors (Lipinski definition) is 6. The van der Waals surface area contributed by atoms with E-state index in [-0.39, 0.29) is 11.1 Å². The quantitative estimate of drug-likeness (QED) is 0.148. The molecule has 0 saturated carbocycles. The first-order valence-corrected chi connectivity index (χ1v) is 17.0. The number of rotatable bonds is 4. The van der Waals surface area contributed by atoms with Crippen LogP contribution in [0.4, 0.5) is 0 Å². The zero-order valence-corrected chi connectivity index (χ0v) is 26.9. The van der Waals surface area contributed by atoms with Gasteiger partial charge in [-0.3, -0.25) is 20.0 Å². The van der Waals surface area contributed by atoms with Crippen LogP contribution in [0.1, 0.15) is 39.1 Å². The van der Waals surface area contributed by atoms with Crippen LogP contribution in [-0.4, -0.2) is 42.6 Å². The lowest BCUT2D eigenvalue weighted by Gasteiger charge is -2.19. The Kier molecular flexibility index (Phi) is 6.44. The fraction of sp³-hybridized carbons (Fsp3) is 0.211. The molecule has 0 bridgehead atoms. The largest absolute Gasteiger partial charge is 0.269 e. The lowest BCUT2D eigenvalue weighted by Crippen LogP contribution is -2.15. The minimum absolute atomic E-state index is 0.0450. The first-order chi connectivity index (χ1) is 21.3. The summed E-state index contributed by atoms with van der Waals surface area (Å²) in [5.74, 6) is 1.96. The maximum atomic E-state index is 4.96. The van der Waals surface area contributed by atoms with Gasteiger partial charge in [0.05, 0.1) is 22.5 Å². The summed E-state index contributed by atoms with van der Waals surface area (Å²) in [4.78, 5) is 19.7. The van der Waals surface area contributed by atoms with Gasteiger partial charge in [0, 0.05) is 35.0 Å². The van der Waals surface area contributed by atoms with Crippen LogP contribution in [0, 0.1) is 0 Å². The Bertz CT molecular complexity index is 2160. The van der Waals surface area contributed by atoms with Crippen molar-refractivity contribution in [3.63, 3.8) is 0 Å². The number of hydrogen-bond donors (Lipinski definition) is 0. The van der Waals surface area contributed by atoms with Crippen molar-refractivity contribution in [2.45, 2.75) is 38.8 Å². The number of pyridine rings is 2. The Labute approximate surface area is 266 Å². The van der Waals surface area contributed by atoms with Gasteiger partial charge < -0.3 is 0 Å². The molecular formula is C38H32N4S2. The molecule has 0 N–H and O–H groups in total. The molecule has 0 atom stereocenters. The molecular weight excluding hydrogens is 577 g/mol. The normalized spacial score (nSPS) is 17.4. The topological polar surface area (TPSA) is 50.5 Å². The van der Waals surface area contributed by atoms with E-state index >= 15 is 0 Å². The molecule has 216 valence electrons. The van der Waals surface area contributed by atoms with E-state index in [4.69, 9.17) is 20.0 Å². The Morgan fingerprint density at radius 1 is 0.523 bits per heavy atom. The van der Waals surface area contributed by atoms with Gasteiger partial charge in [-0.25, -0.2) is 0 Å². The van der Waals surface area contributed by atoms with E-state index in [9.17, 15) is 0 Å². The van der Waals surface area contributed by atoms with Crippen molar-refractivity contribution in [2.75, 3.05) is 11.5 Å². The Hall–Kier alpha value is -4.00. The van der Waals surface area contributed by atoms with Gasteiger partial charge in [-0.15, -0.1) is 23.5 Å². The highest BCUT2D eigenvalue weighted by Gasteiger charge is 2.28. The lowest BCUT2D eigenvalue weighted by molar-refractivity contribution is 0.604. The third-order valence-electron chi connectivity index (χ3n) is 8.39. The summed E-state index contributed by atoms with van der Waals surface area (Å²) in [6.07, 6.45) is 4.06. The average Bonchev–Trinajstić information content (AvgIpc) is 3.60. The molecule has 0 unspecified atom stereocenters. The molecule has 6 aromatic rings. The van der Waals surface area contributed by atoms with E-state index < -0.39 is 0 Å². The van der Waals surface area contributed by atoms with Crippen molar-refractivity contribution >= 4 is 65.9 Å². The molecule has 4 aromatic carbocycles. The van der Waals surface area contributed by atoms with E-state index in [1.807, 2.05) is 12.4 Å². The molecule has 0 fully saturated rings. The van der Waals surface area contributed by atoms with E-state index in [1.54, 1.807) is 23.5 Å². The van der Waals surface area contributed by atoms with Gasteiger partial charge in [-0.05, 0) is 83.3 Å². The summed E-state index contributed by atoms with van der Waals surface area (Å²) in [7, 11) is 0. The molecule has 0 amide bonds. The van der Waals surface area contributed by atoms with E-state index in [0.29, 0.717) is 0 Å². The molecule has 4 heterocycles. The highest BCUT2D eigenvalue weighted by Crippen LogP contribution is 2.46. The summed E-state index contributed by atoms with van der Waals surface area (Å²) < 4.78 is 0. The van der Waals surface area contributed by atoms with Crippen LogP contribution in [0.3, 0.4) is 0 Å². The van der Waals surface area contributed by atoms with Gasteiger partial charge in [0.1, 0.15) is 10.1 Å². The highest BCUT2D eigenvalue weighted by molar-refractivity contribution is 8.15. The van der Waals surface area contributed by atoms with Gasteiger partial charge >= 0.3 is 0 Å².